The molecular weight excluding hydrogens is 594 g/mol. The van der Waals surface area contributed by atoms with E-state index in [1.165, 1.54) is 5.56 Å². The first-order valence-electron chi connectivity index (χ1n) is 16.2. The molecule has 3 aromatic heterocycles. The van der Waals surface area contributed by atoms with Crippen LogP contribution < -0.4 is 5.32 Å². The van der Waals surface area contributed by atoms with Crippen LogP contribution in [0.4, 0.5) is 11.5 Å². The first kappa shape index (κ1) is 29.3. The van der Waals surface area contributed by atoms with Gasteiger partial charge in [0.1, 0.15) is 5.69 Å². The van der Waals surface area contributed by atoms with Crippen molar-refractivity contribution in [3.63, 3.8) is 0 Å². The number of aryl methyl sites for hydroxylation is 1. The quantitative estimate of drug-likeness (QED) is 0.190. The molecule has 0 aliphatic carbocycles. The second kappa shape index (κ2) is 11.9. The predicted molar refractivity (Wildman–Crippen MR) is 194 cm³/mol. The number of fused-ring (bicyclic) bond motifs is 6. The molecule has 8 nitrogen and oxygen atoms in total. The topological polar surface area (TPSA) is 88.3 Å². The highest BCUT2D eigenvalue weighted by Gasteiger charge is 2.17. The number of anilines is 2. The minimum absolute atomic E-state index is 0.0280. The van der Waals surface area contributed by atoms with Gasteiger partial charge in [-0.2, -0.15) is 5.10 Å². The smallest absolute Gasteiger partial charge is 0.253 e. The van der Waals surface area contributed by atoms with Crippen LogP contribution in [0, 0.1) is 6.92 Å². The van der Waals surface area contributed by atoms with E-state index in [1.54, 1.807) is 0 Å². The molecular formula is C40H33N7O. The number of imidazole rings is 1. The van der Waals surface area contributed by atoms with Gasteiger partial charge in [0.2, 0.25) is 0 Å². The van der Waals surface area contributed by atoms with E-state index in [2.05, 4.69) is 58.8 Å². The van der Waals surface area contributed by atoms with Gasteiger partial charge in [-0.1, -0.05) is 90.5 Å². The van der Waals surface area contributed by atoms with E-state index in [9.17, 15) is 4.79 Å². The van der Waals surface area contributed by atoms with Gasteiger partial charge in [-0.25, -0.2) is 9.50 Å². The van der Waals surface area contributed by atoms with Crippen LogP contribution in [0.2, 0.25) is 0 Å². The Morgan fingerprint density at radius 2 is 1.33 bits per heavy atom. The SMILES string of the molecule is CCN(CC)C(=O)c1ccc(-c2nnc(Nc3ccc4c(c3)nc3c5ccccc5c(-c5ccc(C)cc5)nn43)c3ccccc23)cc1. The van der Waals surface area contributed by atoms with E-state index < -0.39 is 0 Å². The van der Waals surface area contributed by atoms with Crippen molar-refractivity contribution in [2.24, 2.45) is 0 Å². The van der Waals surface area contributed by atoms with Crippen molar-refractivity contribution < 1.29 is 4.79 Å². The summed E-state index contributed by atoms with van der Waals surface area (Å²) >= 11 is 0. The Morgan fingerprint density at radius 1 is 0.708 bits per heavy atom. The number of amides is 1. The number of hydrogen-bond acceptors (Lipinski definition) is 6. The third kappa shape index (κ3) is 4.98. The zero-order valence-electron chi connectivity index (χ0n) is 27.0. The predicted octanol–water partition coefficient (Wildman–Crippen LogP) is 8.85. The van der Waals surface area contributed by atoms with Crippen molar-refractivity contribution in [3.8, 4) is 22.5 Å². The molecule has 0 radical (unpaired) electrons. The summed E-state index contributed by atoms with van der Waals surface area (Å²) in [6, 6.07) is 38.6. The lowest BCUT2D eigenvalue weighted by atomic mass is 10.0. The second-order valence-corrected chi connectivity index (χ2v) is 11.9. The number of nitrogens with zero attached hydrogens (tertiary/aromatic N) is 6. The number of carbonyl (C=O) groups excluding carboxylic acids is 1. The van der Waals surface area contributed by atoms with Crippen molar-refractivity contribution in [1.82, 2.24) is 29.7 Å². The number of aromatic nitrogens is 5. The molecule has 8 aromatic rings. The zero-order chi connectivity index (χ0) is 32.8. The van der Waals surface area contributed by atoms with Crippen molar-refractivity contribution in [1.29, 1.82) is 0 Å². The number of hydrogen-bond donors (Lipinski definition) is 1. The summed E-state index contributed by atoms with van der Waals surface area (Å²) < 4.78 is 1.95. The van der Waals surface area contributed by atoms with E-state index in [4.69, 9.17) is 10.1 Å². The molecule has 48 heavy (non-hydrogen) atoms. The maximum atomic E-state index is 12.8. The lowest BCUT2D eigenvalue weighted by molar-refractivity contribution is 0.0773. The minimum Gasteiger partial charge on any atom is -0.339 e. The van der Waals surface area contributed by atoms with Crippen LogP contribution in [0.1, 0.15) is 29.8 Å². The third-order valence-electron chi connectivity index (χ3n) is 8.98. The second-order valence-electron chi connectivity index (χ2n) is 11.9. The lowest BCUT2D eigenvalue weighted by Gasteiger charge is -2.18. The number of rotatable bonds is 7. The van der Waals surface area contributed by atoms with Crippen LogP contribution in [0.25, 0.3) is 60.7 Å². The molecule has 8 rings (SSSR count). The lowest BCUT2D eigenvalue weighted by Crippen LogP contribution is -2.30. The monoisotopic (exact) mass is 627 g/mol. The molecule has 0 atom stereocenters. The van der Waals surface area contributed by atoms with Crippen LogP contribution in [-0.2, 0) is 0 Å². The summed E-state index contributed by atoms with van der Waals surface area (Å²) in [6.45, 7) is 7.42. The van der Waals surface area contributed by atoms with Gasteiger partial charge in [-0.05, 0) is 51.1 Å². The Morgan fingerprint density at radius 3 is 2.04 bits per heavy atom. The molecule has 8 heteroatoms. The van der Waals surface area contributed by atoms with Crippen molar-refractivity contribution in [2.45, 2.75) is 20.8 Å². The fourth-order valence-corrected chi connectivity index (χ4v) is 6.39. The highest BCUT2D eigenvalue weighted by atomic mass is 16.2. The molecule has 0 unspecified atom stereocenters. The van der Waals surface area contributed by atoms with Crippen LogP contribution >= 0.6 is 0 Å². The summed E-state index contributed by atoms with van der Waals surface area (Å²) in [4.78, 5) is 19.7. The normalized spacial score (nSPS) is 11.5. The fourth-order valence-electron chi connectivity index (χ4n) is 6.39. The summed E-state index contributed by atoms with van der Waals surface area (Å²) in [5.74, 6) is 0.677. The number of benzene rings is 5. The van der Waals surface area contributed by atoms with Gasteiger partial charge in [-0.15, -0.1) is 10.2 Å². The molecule has 234 valence electrons. The van der Waals surface area contributed by atoms with Crippen LogP contribution in [0.3, 0.4) is 0 Å². The summed E-state index contributed by atoms with van der Waals surface area (Å²) in [5.41, 5.74) is 8.93. The Balaban J connectivity index is 1.16. The Kier molecular flexibility index (Phi) is 7.25. The van der Waals surface area contributed by atoms with Gasteiger partial charge in [0.05, 0.1) is 16.7 Å². The number of nitrogens with one attached hydrogen (secondary N) is 1. The third-order valence-corrected chi connectivity index (χ3v) is 8.98. The van der Waals surface area contributed by atoms with Gasteiger partial charge >= 0.3 is 0 Å². The Bertz CT molecular complexity index is 2480. The van der Waals surface area contributed by atoms with Gasteiger partial charge < -0.3 is 10.2 Å². The molecule has 1 amide bonds. The summed E-state index contributed by atoms with van der Waals surface area (Å²) in [7, 11) is 0. The molecule has 1 N–H and O–H groups in total. The van der Waals surface area contributed by atoms with Crippen LogP contribution in [0.5, 0.6) is 0 Å². The Hall–Kier alpha value is -6.15. The molecule has 0 spiro atoms. The van der Waals surface area contributed by atoms with Crippen LogP contribution in [0.15, 0.2) is 115 Å². The van der Waals surface area contributed by atoms with Gasteiger partial charge in [-0.3, -0.25) is 4.79 Å². The molecule has 3 heterocycles. The largest absolute Gasteiger partial charge is 0.339 e. The van der Waals surface area contributed by atoms with Crippen molar-refractivity contribution in [3.05, 3.63) is 126 Å². The van der Waals surface area contributed by atoms with Crippen molar-refractivity contribution in [2.75, 3.05) is 18.4 Å². The first-order valence-corrected chi connectivity index (χ1v) is 16.2. The van der Waals surface area contributed by atoms with E-state index >= 15 is 0 Å². The van der Waals surface area contributed by atoms with E-state index in [0.717, 1.165) is 66.4 Å². The molecule has 0 saturated carbocycles. The molecule has 0 aliphatic heterocycles. The number of carbonyl (C=O) groups is 1. The Labute approximate surface area is 277 Å². The standard InChI is InChI=1S/C40H33N7O/c1-4-46(5-2)40(48)28-20-18-26(19-21-28)36-30-10-6-8-12-32(30)38(44-43-36)41-29-22-23-35-34(24-29)42-39-33-13-9-7-11-31(33)37(45-47(35)39)27-16-14-25(3)15-17-27/h6-24H,4-5H2,1-3H3,(H,41,44). The maximum absolute atomic E-state index is 12.8. The highest BCUT2D eigenvalue weighted by molar-refractivity contribution is 6.05. The molecule has 0 aliphatic rings. The fraction of sp³-hybridized carbons (Fsp3) is 0.125. The molecule has 0 fully saturated rings. The molecule has 0 saturated heterocycles. The molecule has 5 aromatic carbocycles. The minimum atomic E-state index is 0.0280. The van der Waals surface area contributed by atoms with Crippen molar-refractivity contribution >= 4 is 55.6 Å². The van der Waals surface area contributed by atoms with Gasteiger partial charge in [0.15, 0.2) is 11.5 Å². The van der Waals surface area contributed by atoms with E-state index in [1.807, 2.05) is 102 Å². The maximum Gasteiger partial charge on any atom is 0.253 e. The van der Waals surface area contributed by atoms with E-state index in [0.29, 0.717) is 24.5 Å². The zero-order valence-corrected chi connectivity index (χ0v) is 27.0. The highest BCUT2D eigenvalue weighted by Crippen LogP contribution is 2.34. The van der Waals surface area contributed by atoms with E-state index in [-0.39, 0.29) is 5.91 Å². The van der Waals surface area contributed by atoms with Gasteiger partial charge in [0, 0.05) is 57.0 Å². The molecule has 0 bridgehead atoms. The average Bonchev–Trinajstić information content (AvgIpc) is 3.50. The van der Waals surface area contributed by atoms with Gasteiger partial charge in [0.25, 0.3) is 5.91 Å². The first-order chi connectivity index (χ1) is 23.5. The summed E-state index contributed by atoms with van der Waals surface area (Å²) in [5, 5.41) is 21.9. The van der Waals surface area contributed by atoms with Crippen LogP contribution in [-0.4, -0.2) is 48.7 Å². The summed E-state index contributed by atoms with van der Waals surface area (Å²) in [6.07, 6.45) is 0. The average molecular weight is 628 g/mol.